The van der Waals surface area contributed by atoms with E-state index in [4.69, 9.17) is 11.6 Å². The van der Waals surface area contributed by atoms with E-state index in [0.29, 0.717) is 17.3 Å². The minimum atomic E-state index is -0.330. The maximum absolute atomic E-state index is 11.5. The van der Waals surface area contributed by atoms with Gasteiger partial charge in [-0.25, -0.2) is 9.78 Å². The van der Waals surface area contributed by atoms with E-state index >= 15 is 0 Å². The Morgan fingerprint density at radius 3 is 2.95 bits per heavy atom. The first-order chi connectivity index (χ1) is 10.6. The molecule has 0 atom stereocenters. The molecule has 0 aliphatic carbocycles. The Balaban J connectivity index is 1.66. The first kappa shape index (κ1) is 14.9. The van der Waals surface area contributed by atoms with Crippen LogP contribution in [0.2, 0.25) is 5.02 Å². The minimum Gasteiger partial charge on any atom is -0.329 e. The fourth-order valence-electron chi connectivity index (χ4n) is 2.13. The zero-order valence-electron chi connectivity index (χ0n) is 11.5. The average Bonchev–Trinajstić information content (AvgIpc) is 3.08. The van der Waals surface area contributed by atoms with Crippen molar-refractivity contribution >= 4 is 35.3 Å². The van der Waals surface area contributed by atoms with Gasteiger partial charge in [-0.2, -0.15) is 0 Å². The van der Waals surface area contributed by atoms with Crippen LogP contribution in [0.3, 0.4) is 0 Å². The number of hydrogen-bond donors (Lipinski definition) is 1. The number of rotatable bonds is 5. The summed E-state index contributed by atoms with van der Waals surface area (Å²) >= 11 is 7.49. The van der Waals surface area contributed by atoms with E-state index < -0.39 is 0 Å². The minimum absolute atomic E-state index is 0.0840. The van der Waals surface area contributed by atoms with Crippen LogP contribution in [0.25, 0.3) is 5.69 Å². The van der Waals surface area contributed by atoms with E-state index in [2.05, 4.69) is 10.3 Å². The van der Waals surface area contributed by atoms with E-state index in [-0.39, 0.29) is 18.5 Å². The number of carbonyl (C=O) groups is 2. The molecule has 0 saturated carbocycles. The molecule has 3 amide bonds. The number of benzene rings is 1. The number of hydrogen-bond acceptors (Lipinski definition) is 4. The lowest BCUT2D eigenvalue weighted by Gasteiger charge is -2.12. The number of nitrogens with one attached hydrogen (secondary N) is 1. The Morgan fingerprint density at radius 1 is 1.36 bits per heavy atom. The Bertz CT molecular complexity index is 702. The van der Waals surface area contributed by atoms with Gasteiger partial charge in [-0.1, -0.05) is 29.4 Å². The summed E-state index contributed by atoms with van der Waals surface area (Å²) in [4.78, 5) is 28.5. The summed E-state index contributed by atoms with van der Waals surface area (Å²) in [7, 11) is 0. The average molecular weight is 337 g/mol. The van der Waals surface area contributed by atoms with Crippen LogP contribution in [0, 0.1) is 0 Å². The van der Waals surface area contributed by atoms with Crippen LogP contribution >= 0.6 is 23.4 Å². The zero-order valence-corrected chi connectivity index (χ0v) is 13.1. The predicted octanol–water partition coefficient (Wildman–Crippen LogP) is 2.17. The second-order valence-corrected chi connectivity index (χ2v) is 6.11. The smallest absolute Gasteiger partial charge is 0.324 e. The number of imide groups is 1. The van der Waals surface area contributed by atoms with Gasteiger partial charge in [0.1, 0.15) is 0 Å². The Hall–Kier alpha value is -1.99. The van der Waals surface area contributed by atoms with Gasteiger partial charge in [0, 0.05) is 35.4 Å². The number of nitrogens with zero attached hydrogens (tertiary/aromatic N) is 3. The molecule has 0 bridgehead atoms. The normalized spacial score (nSPS) is 14.5. The molecule has 114 valence electrons. The molecule has 1 saturated heterocycles. The molecular weight excluding hydrogens is 324 g/mol. The Morgan fingerprint density at radius 2 is 2.23 bits per heavy atom. The molecule has 3 rings (SSSR count). The van der Waals surface area contributed by atoms with Gasteiger partial charge in [0.05, 0.1) is 6.54 Å². The van der Waals surface area contributed by atoms with Crippen LogP contribution in [0.5, 0.6) is 0 Å². The topological polar surface area (TPSA) is 67.2 Å². The molecule has 1 N–H and O–H groups in total. The molecule has 0 spiro atoms. The van der Waals surface area contributed by atoms with Crippen LogP contribution in [-0.4, -0.2) is 45.2 Å². The number of halogens is 1. The summed E-state index contributed by atoms with van der Waals surface area (Å²) in [5.41, 5.74) is 0.919. The van der Waals surface area contributed by atoms with Crippen molar-refractivity contribution in [3.05, 3.63) is 41.7 Å². The summed E-state index contributed by atoms with van der Waals surface area (Å²) in [6.45, 7) is 0.443. The summed E-state index contributed by atoms with van der Waals surface area (Å²) in [6, 6.07) is 7.15. The third kappa shape index (κ3) is 3.10. The molecule has 1 aliphatic rings. The van der Waals surface area contributed by atoms with Crippen LogP contribution in [0.15, 0.2) is 41.8 Å². The Labute approximate surface area is 136 Å². The van der Waals surface area contributed by atoms with Crippen molar-refractivity contribution in [2.75, 3.05) is 18.8 Å². The van der Waals surface area contributed by atoms with E-state index in [1.807, 2.05) is 35.0 Å². The molecule has 2 aromatic rings. The molecule has 0 radical (unpaired) electrons. The predicted molar refractivity (Wildman–Crippen MR) is 84.4 cm³/mol. The molecule has 1 fully saturated rings. The van der Waals surface area contributed by atoms with E-state index in [0.717, 1.165) is 10.8 Å². The first-order valence-corrected chi connectivity index (χ1v) is 8.02. The highest BCUT2D eigenvalue weighted by Gasteiger charge is 2.27. The molecule has 0 unspecified atom stereocenters. The number of urea groups is 1. The van der Waals surface area contributed by atoms with Crippen LogP contribution in [0.1, 0.15) is 0 Å². The second-order valence-electron chi connectivity index (χ2n) is 4.61. The fourth-order valence-corrected chi connectivity index (χ4v) is 3.21. The lowest BCUT2D eigenvalue weighted by molar-refractivity contribution is -0.124. The van der Waals surface area contributed by atoms with Crippen molar-refractivity contribution in [3.63, 3.8) is 0 Å². The van der Waals surface area contributed by atoms with Gasteiger partial charge in [-0.05, 0) is 18.2 Å². The molecule has 8 heteroatoms. The Kier molecular flexibility index (Phi) is 4.35. The fraction of sp³-hybridized carbons (Fsp3) is 0.214. The van der Waals surface area contributed by atoms with Crippen molar-refractivity contribution in [2.24, 2.45) is 0 Å². The number of carbonyl (C=O) groups excluding carboxylic acids is 2. The molecule has 1 aliphatic heterocycles. The van der Waals surface area contributed by atoms with Gasteiger partial charge in [-0.3, -0.25) is 14.3 Å². The van der Waals surface area contributed by atoms with Crippen molar-refractivity contribution in [1.29, 1.82) is 0 Å². The zero-order chi connectivity index (χ0) is 15.5. The summed E-state index contributed by atoms with van der Waals surface area (Å²) < 4.78 is 1.92. The van der Waals surface area contributed by atoms with Crippen LogP contribution in [-0.2, 0) is 4.79 Å². The van der Waals surface area contributed by atoms with E-state index in [1.165, 1.54) is 16.7 Å². The first-order valence-electron chi connectivity index (χ1n) is 6.65. The van der Waals surface area contributed by atoms with Crippen LogP contribution in [0.4, 0.5) is 4.79 Å². The van der Waals surface area contributed by atoms with Gasteiger partial charge in [-0.15, -0.1) is 0 Å². The summed E-state index contributed by atoms with van der Waals surface area (Å²) in [6.07, 6.45) is 3.55. The third-order valence-electron chi connectivity index (χ3n) is 3.18. The number of amides is 3. The second kappa shape index (κ2) is 6.41. The number of imidazole rings is 1. The van der Waals surface area contributed by atoms with Gasteiger partial charge < -0.3 is 5.32 Å². The number of thioether (sulfide) groups is 1. The van der Waals surface area contributed by atoms with Crippen molar-refractivity contribution in [2.45, 2.75) is 5.16 Å². The summed E-state index contributed by atoms with van der Waals surface area (Å²) in [5.74, 6) is 0.389. The maximum atomic E-state index is 11.5. The van der Waals surface area contributed by atoms with Gasteiger partial charge >= 0.3 is 6.03 Å². The van der Waals surface area contributed by atoms with Crippen molar-refractivity contribution in [3.8, 4) is 5.69 Å². The highest BCUT2D eigenvalue weighted by atomic mass is 35.5. The van der Waals surface area contributed by atoms with Crippen molar-refractivity contribution in [1.82, 2.24) is 19.8 Å². The lowest BCUT2D eigenvalue weighted by Crippen LogP contribution is -2.32. The molecular formula is C14H13ClN4O2S. The monoisotopic (exact) mass is 336 g/mol. The highest BCUT2D eigenvalue weighted by molar-refractivity contribution is 7.99. The SMILES string of the molecule is O=C1CNC(=O)N1CCSc1nccn1-c1cccc(Cl)c1. The molecule has 22 heavy (non-hydrogen) atoms. The molecule has 6 nitrogen and oxygen atoms in total. The standard InChI is InChI=1S/C14H13ClN4O2S/c15-10-2-1-3-11(8-10)18-5-4-16-14(18)22-7-6-19-12(20)9-17-13(19)21/h1-5,8H,6-7,9H2,(H,17,21). The summed E-state index contributed by atoms with van der Waals surface area (Å²) in [5, 5.41) is 3.94. The van der Waals surface area contributed by atoms with Gasteiger partial charge in [0.2, 0.25) is 5.91 Å². The van der Waals surface area contributed by atoms with Crippen LogP contribution < -0.4 is 5.32 Å². The van der Waals surface area contributed by atoms with Gasteiger partial charge in [0.15, 0.2) is 5.16 Å². The quantitative estimate of drug-likeness (QED) is 0.671. The molecule has 1 aromatic carbocycles. The maximum Gasteiger partial charge on any atom is 0.324 e. The van der Waals surface area contributed by atoms with E-state index in [9.17, 15) is 9.59 Å². The highest BCUT2D eigenvalue weighted by Crippen LogP contribution is 2.22. The van der Waals surface area contributed by atoms with E-state index in [1.54, 1.807) is 6.20 Å². The molecule has 2 heterocycles. The number of aromatic nitrogens is 2. The van der Waals surface area contributed by atoms with Gasteiger partial charge in [0.25, 0.3) is 0 Å². The molecule has 1 aromatic heterocycles. The third-order valence-corrected chi connectivity index (χ3v) is 4.36. The largest absolute Gasteiger partial charge is 0.329 e. The van der Waals surface area contributed by atoms with Crippen molar-refractivity contribution < 1.29 is 9.59 Å². The lowest BCUT2D eigenvalue weighted by atomic mass is 10.3.